The van der Waals surface area contributed by atoms with Crippen molar-refractivity contribution in [2.75, 3.05) is 32.0 Å². The molecule has 4 nitrogen and oxygen atoms in total. The lowest BCUT2D eigenvalue weighted by Gasteiger charge is -2.29. The van der Waals surface area contributed by atoms with Crippen LogP contribution in [0.4, 0.5) is 5.69 Å². The molecule has 1 aliphatic rings. The van der Waals surface area contributed by atoms with Gasteiger partial charge < -0.3 is 14.8 Å². The van der Waals surface area contributed by atoms with E-state index in [1.807, 2.05) is 18.7 Å². The second-order valence-corrected chi connectivity index (χ2v) is 5.61. The Morgan fingerprint density at radius 3 is 2.80 bits per heavy atom. The second kappa shape index (κ2) is 6.09. The van der Waals surface area contributed by atoms with Crippen LogP contribution in [0.3, 0.4) is 0 Å². The van der Waals surface area contributed by atoms with Crippen LogP contribution in [0.15, 0.2) is 43.0 Å². The molecule has 1 N–H and O–H groups in total. The van der Waals surface area contributed by atoms with Gasteiger partial charge in [0.1, 0.15) is 0 Å². The van der Waals surface area contributed by atoms with Crippen LogP contribution in [-0.2, 0) is 0 Å². The maximum Gasteiger partial charge on any atom is 0.0992 e. The number of para-hydroxylation sites is 2. The first-order valence-electron chi connectivity index (χ1n) is 7.33. The average molecular weight is 270 g/mol. The van der Waals surface area contributed by atoms with Crippen molar-refractivity contribution in [3.63, 3.8) is 0 Å². The van der Waals surface area contributed by atoms with Crippen LogP contribution in [0.5, 0.6) is 0 Å². The summed E-state index contributed by atoms with van der Waals surface area (Å²) in [5, 5.41) is 3.62. The molecule has 0 saturated carbocycles. The topological polar surface area (TPSA) is 33.1 Å². The minimum Gasteiger partial charge on any atom is -0.383 e. The molecule has 1 aliphatic heterocycles. The van der Waals surface area contributed by atoms with Crippen molar-refractivity contribution < 1.29 is 0 Å². The SMILES string of the molecule is CN1CCC(CNc2ccccc2-n2ccnc2)CC1. The Kier molecular flexibility index (Phi) is 4.02. The number of hydrogen-bond acceptors (Lipinski definition) is 3. The van der Waals surface area contributed by atoms with E-state index >= 15 is 0 Å². The van der Waals surface area contributed by atoms with Crippen molar-refractivity contribution in [2.45, 2.75) is 12.8 Å². The minimum atomic E-state index is 0.780. The fraction of sp³-hybridized carbons (Fsp3) is 0.438. The van der Waals surface area contributed by atoms with E-state index < -0.39 is 0 Å². The quantitative estimate of drug-likeness (QED) is 0.927. The smallest absolute Gasteiger partial charge is 0.0992 e. The number of aromatic nitrogens is 2. The fourth-order valence-corrected chi connectivity index (χ4v) is 2.77. The third-order valence-corrected chi connectivity index (χ3v) is 4.11. The third kappa shape index (κ3) is 3.02. The largest absolute Gasteiger partial charge is 0.383 e. The summed E-state index contributed by atoms with van der Waals surface area (Å²) in [6.45, 7) is 3.49. The predicted octanol–water partition coefficient (Wildman–Crippen LogP) is 2.63. The van der Waals surface area contributed by atoms with Gasteiger partial charge in [-0.1, -0.05) is 12.1 Å². The van der Waals surface area contributed by atoms with E-state index in [0.29, 0.717) is 0 Å². The molecule has 1 aromatic heterocycles. The molecule has 1 aromatic carbocycles. The summed E-state index contributed by atoms with van der Waals surface area (Å²) in [7, 11) is 2.21. The zero-order chi connectivity index (χ0) is 13.8. The molecule has 1 saturated heterocycles. The summed E-state index contributed by atoms with van der Waals surface area (Å²) in [5.74, 6) is 0.780. The van der Waals surface area contributed by atoms with Crippen LogP contribution in [-0.4, -0.2) is 41.1 Å². The molecule has 0 spiro atoms. The molecule has 1 fully saturated rings. The molecule has 20 heavy (non-hydrogen) atoms. The van der Waals surface area contributed by atoms with Gasteiger partial charge in [-0.05, 0) is 51.0 Å². The van der Waals surface area contributed by atoms with Gasteiger partial charge in [-0.15, -0.1) is 0 Å². The molecule has 2 aromatic rings. The molecule has 0 unspecified atom stereocenters. The fourth-order valence-electron chi connectivity index (χ4n) is 2.77. The maximum atomic E-state index is 4.13. The number of benzene rings is 1. The molecule has 106 valence electrons. The zero-order valence-electron chi connectivity index (χ0n) is 12.0. The van der Waals surface area contributed by atoms with E-state index in [2.05, 4.69) is 51.1 Å². The number of nitrogens with one attached hydrogen (secondary N) is 1. The standard InChI is InChI=1S/C16H22N4/c1-19-9-6-14(7-10-19)12-18-15-4-2-3-5-16(15)20-11-8-17-13-20/h2-5,8,11,13-14,18H,6-7,9-10,12H2,1H3. The Hall–Kier alpha value is -1.81. The highest BCUT2D eigenvalue weighted by Crippen LogP contribution is 2.22. The Balaban J connectivity index is 1.66. The monoisotopic (exact) mass is 270 g/mol. The molecular formula is C16H22N4. The van der Waals surface area contributed by atoms with Crippen molar-refractivity contribution in [3.8, 4) is 5.69 Å². The van der Waals surface area contributed by atoms with Gasteiger partial charge >= 0.3 is 0 Å². The van der Waals surface area contributed by atoms with Gasteiger partial charge in [0.25, 0.3) is 0 Å². The minimum absolute atomic E-state index is 0.780. The molecule has 0 aliphatic carbocycles. The van der Waals surface area contributed by atoms with Gasteiger partial charge in [-0.3, -0.25) is 0 Å². The Morgan fingerprint density at radius 2 is 2.05 bits per heavy atom. The Bertz CT molecular complexity index is 527. The van der Waals surface area contributed by atoms with Crippen LogP contribution in [0.1, 0.15) is 12.8 Å². The summed E-state index contributed by atoms with van der Waals surface area (Å²) in [4.78, 5) is 6.54. The number of nitrogens with zero attached hydrogens (tertiary/aromatic N) is 3. The first-order valence-corrected chi connectivity index (χ1v) is 7.33. The predicted molar refractivity (Wildman–Crippen MR) is 82.3 cm³/mol. The Morgan fingerprint density at radius 1 is 1.25 bits per heavy atom. The van der Waals surface area contributed by atoms with Crippen LogP contribution in [0.2, 0.25) is 0 Å². The van der Waals surface area contributed by atoms with E-state index in [-0.39, 0.29) is 0 Å². The number of likely N-dealkylation sites (tertiary alicyclic amines) is 1. The lowest BCUT2D eigenvalue weighted by Crippen LogP contribution is -2.33. The van der Waals surface area contributed by atoms with E-state index in [0.717, 1.165) is 18.2 Å². The number of rotatable bonds is 4. The van der Waals surface area contributed by atoms with Gasteiger partial charge in [0, 0.05) is 18.9 Å². The maximum absolute atomic E-state index is 4.13. The van der Waals surface area contributed by atoms with Gasteiger partial charge in [0.15, 0.2) is 0 Å². The summed E-state index contributed by atoms with van der Waals surface area (Å²) in [5.41, 5.74) is 2.35. The highest BCUT2D eigenvalue weighted by Gasteiger charge is 2.16. The molecule has 2 heterocycles. The van der Waals surface area contributed by atoms with E-state index in [9.17, 15) is 0 Å². The second-order valence-electron chi connectivity index (χ2n) is 5.61. The van der Waals surface area contributed by atoms with Crippen LogP contribution in [0.25, 0.3) is 5.69 Å². The lowest BCUT2D eigenvalue weighted by atomic mass is 9.97. The molecule has 0 radical (unpaired) electrons. The number of anilines is 1. The first kappa shape index (κ1) is 13.2. The molecule has 0 atom stereocenters. The molecular weight excluding hydrogens is 248 g/mol. The molecule has 0 bridgehead atoms. The van der Waals surface area contributed by atoms with Crippen molar-refractivity contribution in [1.82, 2.24) is 14.5 Å². The van der Waals surface area contributed by atoms with Crippen molar-refractivity contribution in [1.29, 1.82) is 0 Å². The van der Waals surface area contributed by atoms with Gasteiger partial charge in [-0.2, -0.15) is 0 Å². The van der Waals surface area contributed by atoms with Crippen molar-refractivity contribution in [2.24, 2.45) is 5.92 Å². The lowest BCUT2D eigenvalue weighted by molar-refractivity contribution is 0.226. The highest BCUT2D eigenvalue weighted by atomic mass is 15.1. The summed E-state index contributed by atoms with van der Waals surface area (Å²) in [6, 6.07) is 8.41. The first-order chi connectivity index (χ1) is 9.83. The van der Waals surface area contributed by atoms with E-state index in [1.54, 1.807) is 0 Å². The molecule has 0 amide bonds. The van der Waals surface area contributed by atoms with E-state index in [1.165, 1.54) is 31.6 Å². The van der Waals surface area contributed by atoms with Crippen LogP contribution < -0.4 is 5.32 Å². The van der Waals surface area contributed by atoms with Gasteiger partial charge in [0.2, 0.25) is 0 Å². The number of piperidine rings is 1. The molecule has 4 heteroatoms. The van der Waals surface area contributed by atoms with Crippen LogP contribution >= 0.6 is 0 Å². The van der Waals surface area contributed by atoms with Gasteiger partial charge in [0.05, 0.1) is 17.7 Å². The summed E-state index contributed by atoms with van der Waals surface area (Å²) >= 11 is 0. The highest BCUT2D eigenvalue weighted by molar-refractivity contribution is 5.60. The Labute approximate surface area is 120 Å². The average Bonchev–Trinajstić information content (AvgIpc) is 3.01. The zero-order valence-corrected chi connectivity index (χ0v) is 12.0. The van der Waals surface area contributed by atoms with Crippen LogP contribution in [0, 0.1) is 5.92 Å². The third-order valence-electron chi connectivity index (χ3n) is 4.11. The summed E-state index contributed by atoms with van der Waals surface area (Å²) < 4.78 is 2.05. The van der Waals surface area contributed by atoms with Crippen molar-refractivity contribution in [3.05, 3.63) is 43.0 Å². The number of imidazole rings is 1. The van der Waals surface area contributed by atoms with Crippen molar-refractivity contribution >= 4 is 5.69 Å². The normalized spacial score (nSPS) is 17.2. The number of hydrogen-bond donors (Lipinski definition) is 1. The summed E-state index contributed by atoms with van der Waals surface area (Å²) in [6.07, 6.45) is 8.22. The van der Waals surface area contributed by atoms with Gasteiger partial charge in [-0.25, -0.2) is 4.98 Å². The molecule has 3 rings (SSSR count). The van der Waals surface area contributed by atoms with E-state index in [4.69, 9.17) is 0 Å².